The van der Waals surface area contributed by atoms with E-state index in [1.807, 2.05) is 38.1 Å². The molecule has 2 aromatic rings. The molecular weight excluding hydrogens is 389 g/mol. The molecule has 3 rings (SSSR count). The molecule has 0 aliphatic carbocycles. The van der Waals surface area contributed by atoms with E-state index in [2.05, 4.69) is 15.5 Å². The second kappa shape index (κ2) is 8.25. The Morgan fingerprint density at radius 2 is 1.92 bits per heavy atom. The molecule has 0 radical (unpaired) electrons. The topological polar surface area (TPSA) is 53.8 Å². The molecule has 1 unspecified atom stereocenters. The van der Waals surface area contributed by atoms with Gasteiger partial charge in [0.15, 0.2) is 5.17 Å². The molecule has 134 valence electrons. The van der Waals surface area contributed by atoms with Crippen molar-refractivity contribution < 1.29 is 4.79 Å². The minimum Gasteiger partial charge on any atom is -0.303 e. The van der Waals surface area contributed by atoms with Crippen molar-refractivity contribution >= 4 is 51.8 Å². The predicted octanol–water partition coefficient (Wildman–Crippen LogP) is 4.86. The lowest BCUT2D eigenvalue weighted by molar-refractivity contribution is -0.118. The molecule has 26 heavy (non-hydrogen) atoms. The smallest absolute Gasteiger partial charge is 0.239 e. The van der Waals surface area contributed by atoms with E-state index in [0.717, 1.165) is 16.8 Å². The van der Waals surface area contributed by atoms with Crippen molar-refractivity contribution in [2.24, 2.45) is 10.2 Å². The monoisotopic (exact) mass is 405 g/mol. The lowest BCUT2D eigenvalue weighted by atomic mass is 10.1. The highest BCUT2D eigenvalue weighted by Crippen LogP contribution is 2.28. The minimum atomic E-state index is -0.306. The van der Waals surface area contributed by atoms with Crippen LogP contribution in [0.4, 0.5) is 0 Å². The summed E-state index contributed by atoms with van der Waals surface area (Å²) < 4.78 is 0. The first-order valence-corrected chi connectivity index (χ1v) is 9.66. The van der Waals surface area contributed by atoms with Gasteiger partial charge >= 0.3 is 0 Å². The number of amidine groups is 1. The average Bonchev–Trinajstić information content (AvgIpc) is 2.96. The summed E-state index contributed by atoms with van der Waals surface area (Å²) in [6.07, 6.45) is 0.482. The Labute approximate surface area is 166 Å². The van der Waals surface area contributed by atoms with Crippen LogP contribution in [0, 0.1) is 6.92 Å². The van der Waals surface area contributed by atoms with Gasteiger partial charge in [-0.15, -0.1) is 5.10 Å². The molecule has 2 aromatic carbocycles. The summed E-state index contributed by atoms with van der Waals surface area (Å²) in [6.45, 7) is 3.92. The van der Waals surface area contributed by atoms with Gasteiger partial charge in [-0.1, -0.05) is 64.8 Å². The van der Waals surface area contributed by atoms with Gasteiger partial charge in [-0.25, -0.2) is 0 Å². The van der Waals surface area contributed by atoms with Crippen LogP contribution >= 0.6 is 35.0 Å². The highest BCUT2D eigenvalue weighted by atomic mass is 35.5. The van der Waals surface area contributed by atoms with Crippen molar-refractivity contribution in [3.63, 3.8) is 0 Å². The van der Waals surface area contributed by atoms with Crippen LogP contribution in [0.15, 0.2) is 52.7 Å². The van der Waals surface area contributed by atoms with Gasteiger partial charge in [-0.05, 0) is 49.6 Å². The lowest BCUT2D eigenvalue weighted by Crippen LogP contribution is -2.26. The molecule has 1 aliphatic rings. The number of amides is 1. The fourth-order valence-electron chi connectivity index (χ4n) is 2.46. The number of thioether (sulfide) groups is 1. The van der Waals surface area contributed by atoms with Crippen molar-refractivity contribution in [2.75, 3.05) is 0 Å². The molecule has 1 N–H and O–H groups in total. The van der Waals surface area contributed by atoms with E-state index in [4.69, 9.17) is 23.2 Å². The Morgan fingerprint density at radius 1 is 1.19 bits per heavy atom. The van der Waals surface area contributed by atoms with E-state index in [1.165, 1.54) is 17.3 Å². The zero-order valence-corrected chi connectivity index (χ0v) is 16.6. The predicted molar refractivity (Wildman–Crippen MR) is 111 cm³/mol. The van der Waals surface area contributed by atoms with Crippen molar-refractivity contribution in [1.29, 1.82) is 0 Å². The quantitative estimate of drug-likeness (QED) is 0.583. The molecule has 1 aliphatic heterocycles. The zero-order valence-electron chi connectivity index (χ0n) is 14.3. The second-order valence-electron chi connectivity index (χ2n) is 5.99. The van der Waals surface area contributed by atoms with E-state index < -0.39 is 0 Å². The van der Waals surface area contributed by atoms with Crippen LogP contribution in [0.1, 0.15) is 23.6 Å². The number of aryl methyl sites for hydroxylation is 1. The molecule has 0 spiro atoms. The van der Waals surface area contributed by atoms with Gasteiger partial charge in [0.05, 0.1) is 11.0 Å². The van der Waals surface area contributed by atoms with Gasteiger partial charge in [0.1, 0.15) is 0 Å². The van der Waals surface area contributed by atoms with Gasteiger partial charge in [-0.3, -0.25) is 4.79 Å². The number of benzene rings is 2. The number of carbonyl (C=O) groups excluding carboxylic acids is 1. The third kappa shape index (κ3) is 4.67. The molecule has 1 saturated heterocycles. The van der Waals surface area contributed by atoms with Crippen LogP contribution in [0.3, 0.4) is 0 Å². The summed E-state index contributed by atoms with van der Waals surface area (Å²) in [5, 5.41) is 12.6. The van der Waals surface area contributed by atoms with Crippen molar-refractivity contribution in [1.82, 2.24) is 5.32 Å². The number of rotatable bonds is 4. The number of nitrogens with zero attached hydrogens (tertiary/aromatic N) is 2. The maximum atomic E-state index is 12.2. The van der Waals surface area contributed by atoms with E-state index in [-0.39, 0.29) is 11.2 Å². The van der Waals surface area contributed by atoms with Gasteiger partial charge in [0, 0.05) is 10.0 Å². The minimum absolute atomic E-state index is 0.104. The summed E-state index contributed by atoms with van der Waals surface area (Å²) in [5.41, 5.74) is 3.81. The first-order chi connectivity index (χ1) is 12.4. The molecular formula is C19H17Cl2N3OS. The molecule has 1 atom stereocenters. The number of carbonyl (C=O) groups is 1. The van der Waals surface area contributed by atoms with Gasteiger partial charge in [0.2, 0.25) is 5.91 Å². The largest absolute Gasteiger partial charge is 0.303 e. The summed E-state index contributed by atoms with van der Waals surface area (Å²) in [6, 6.07) is 13.3. The summed E-state index contributed by atoms with van der Waals surface area (Å²) in [5.74, 6) is -0.104. The molecule has 0 aromatic heterocycles. The first kappa shape index (κ1) is 19.0. The van der Waals surface area contributed by atoms with Crippen LogP contribution < -0.4 is 5.32 Å². The Hall–Kier alpha value is -1.82. The van der Waals surface area contributed by atoms with Gasteiger partial charge in [-0.2, -0.15) is 5.10 Å². The molecule has 1 amide bonds. The molecule has 7 heteroatoms. The molecule has 0 bridgehead atoms. The summed E-state index contributed by atoms with van der Waals surface area (Å²) >= 11 is 13.5. The molecule has 1 heterocycles. The van der Waals surface area contributed by atoms with E-state index >= 15 is 0 Å². The Morgan fingerprint density at radius 3 is 2.65 bits per heavy atom. The van der Waals surface area contributed by atoms with Crippen LogP contribution in [0.25, 0.3) is 0 Å². The van der Waals surface area contributed by atoms with Crippen LogP contribution in [-0.4, -0.2) is 22.0 Å². The van der Waals surface area contributed by atoms with E-state index in [9.17, 15) is 4.79 Å². The highest BCUT2D eigenvalue weighted by molar-refractivity contribution is 8.15. The third-order valence-corrected chi connectivity index (χ3v) is 5.63. The van der Waals surface area contributed by atoms with Crippen LogP contribution in [0.2, 0.25) is 10.0 Å². The number of hydrogen-bond donors (Lipinski definition) is 1. The first-order valence-electron chi connectivity index (χ1n) is 8.03. The van der Waals surface area contributed by atoms with Gasteiger partial charge < -0.3 is 5.32 Å². The summed E-state index contributed by atoms with van der Waals surface area (Å²) in [4.78, 5) is 12.2. The fraction of sp³-hybridized carbons (Fsp3) is 0.211. The highest BCUT2D eigenvalue weighted by Gasteiger charge is 2.31. The fourth-order valence-corrected chi connectivity index (χ4v) is 3.79. The standard InChI is InChI=1S/C19H17Cl2N3OS/c1-11-3-5-13(6-4-11)12(2)23-24-19-22-18(25)17(26-19)10-14-9-15(20)7-8-16(14)21/h3-9,17H,10H2,1-2H3,(H,22,24,25)/b23-12+. The number of halogens is 2. The van der Waals surface area contributed by atoms with Gasteiger partial charge in [0.25, 0.3) is 0 Å². The van der Waals surface area contributed by atoms with E-state index in [0.29, 0.717) is 21.6 Å². The Bertz CT molecular complexity index is 894. The number of nitrogens with one attached hydrogen (secondary N) is 1. The molecule has 1 fully saturated rings. The van der Waals surface area contributed by atoms with Crippen molar-refractivity contribution in [3.8, 4) is 0 Å². The third-order valence-electron chi connectivity index (χ3n) is 3.95. The SMILES string of the molecule is C/C(=N\N=C1/NC(=O)C(Cc2cc(Cl)ccc2Cl)S1)c1ccc(C)cc1. The molecule has 0 saturated carbocycles. The lowest BCUT2D eigenvalue weighted by Gasteiger charge is -2.07. The van der Waals surface area contributed by atoms with Crippen LogP contribution in [0.5, 0.6) is 0 Å². The van der Waals surface area contributed by atoms with Crippen molar-refractivity contribution in [2.45, 2.75) is 25.5 Å². The van der Waals surface area contributed by atoms with Crippen LogP contribution in [-0.2, 0) is 11.2 Å². The normalized spacial score (nSPS) is 19.1. The zero-order chi connectivity index (χ0) is 18.7. The maximum absolute atomic E-state index is 12.2. The Kier molecular flexibility index (Phi) is 6.01. The maximum Gasteiger partial charge on any atom is 0.239 e. The average molecular weight is 406 g/mol. The van der Waals surface area contributed by atoms with E-state index in [1.54, 1.807) is 18.2 Å². The Balaban J connectivity index is 1.70. The molecule has 4 nitrogen and oxygen atoms in total. The number of hydrogen-bond acceptors (Lipinski definition) is 4. The summed E-state index contributed by atoms with van der Waals surface area (Å²) in [7, 11) is 0. The van der Waals surface area contributed by atoms with Crippen molar-refractivity contribution in [3.05, 3.63) is 69.2 Å². The second-order valence-corrected chi connectivity index (χ2v) is 8.03.